The Kier molecular flexibility index (Phi) is 5.77. The van der Waals surface area contributed by atoms with E-state index in [2.05, 4.69) is 31.2 Å². The SMILES string of the molecule is CNC(=O)[C@H]1CCCN(Cc2cc3nc(Cl)nc(N4CCOCC4)c3s2)C1. The van der Waals surface area contributed by atoms with Gasteiger partial charge in [-0.2, -0.15) is 4.98 Å². The van der Waals surface area contributed by atoms with Gasteiger partial charge in [0.05, 0.1) is 29.3 Å². The molecular formula is C18H24ClN5O2S. The van der Waals surface area contributed by atoms with E-state index in [9.17, 15) is 4.79 Å². The average Bonchev–Trinajstić information content (AvgIpc) is 3.09. The van der Waals surface area contributed by atoms with Gasteiger partial charge in [-0.25, -0.2) is 4.98 Å². The molecule has 1 atom stereocenters. The minimum Gasteiger partial charge on any atom is -0.378 e. The highest BCUT2D eigenvalue weighted by Gasteiger charge is 2.26. The lowest BCUT2D eigenvalue weighted by Crippen LogP contribution is -2.41. The first-order valence-electron chi connectivity index (χ1n) is 9.36. The fourth-order valence-corrected chi connectivity index (χ4v) is 5.17. The molecule has 0 spiro atoms. The van der Waals surface area contributed by atoms with Gasteiger partial charge in [0.1, 0.15) is 0 Å². The number of likely N-dealkylation sites (tertiary alicyclic amines) is 1. The van der Waals surface area contributed by atoms with E-state index < -0.39 is 0 Å². The third kappa shape index (κ3) is 4.18. The van der Waals surface area contributed by atoms with E-state index in [1.807, 2.05) is 0 Å². The normalized spacial score (nSPS) is 21.6. The largest absolute Gasteiger partial charge is 0.378 e. The fourth-order valence-electron chi connectivity index (χ4n) is 3.84. The van der Waals surface area contributed by atoms with Crippen LogP contribution in [0.4, 0.5) is 5.82 Å². The number of halogens is 1. The molecule has 27 heavy (non-hydrogen) atoms. The lowest BCUT2D eigenvalue weighted by atomic mass is 9.97. The zero-order chi connectivity index (χ0) is 18.8. The third-order valence-electron chi connectivity index (χ3n) is 5.19. The number of piperidine rings is 1. The molecule has 0 radical (unpaired) electrons. The van der Waals surface area contributed by atoms with Crippen LogP contribution >= 0.6 is 22.9 Å². The van der Waals surface area contributed by atoms with Crippen LogP contribution < -0.4 is 10.2 Å². The van der Waals surface area contributed by atoms with Crippen molar-refractivity contribution in [3.63, 3.8) is 0 Å². The Morgan fingerprint density at radius 2 is 2.19 bits per heavy atom. The van der Waals surface area contributed by atoms with Crippen LogP contribution in [0.15, 0.2) is 6.07 Å². The van der Waals surface area contributed by atoms with E-state index in [0.717, 1.165) is 61.6 Å². The third-order valence-corrected chi connectivity index (χ3v) is 6.46. The van der Waals surface area contributed by atoms with Crippen molar-refractivity contribution >= 4 is 44.9 Å². The Morgan fingerprint density at radius 3 is 2.96 bits per heavy atom. The first kappa shape index (κ1) is 18.9. The van der Waals surface area contributed by atoms with Crippen LogP contribution in [-0.2, 0) is 16.1 Å². The number of aromatic nitrogens is 2. The highest BCUT2D eigenvalue weighted by atomic mass is 35.5. The Labute approximate surface area is 167 Å². The Morgan fingerprint density at radius 1 is 1.37 bits per heavy atom. The number of carbonyl (C=O) groups excluding carboxylic acids is 1. The number of carbonyl (C=O) groups is 1. The minimum atomic E-state index is 0.0799. The standard InChI is InChI=1S/C18H24ClN5O2S/c1-20-17(25)12-3-2-4-23(10-12)11-13-9-14-15(27-13)16(22-18(19)21-14)24-5-7-26-8-6-24/h9,12H,2-8,10-11H2,1H3,(H,20,25)/t12-/m0/s1. The van der Waals surface area contributed by atoms with Crippen LogP contribution in [0.1, 0.15) is 17.7 Å². The van der Waals surface area contributed by atoms with Gasteiger partial charge in [-0.05, 0) is 37.1 Å². The summed E-state index contributed by atoms with van der Waals surface area (Å²) in [4.78, 5) is 26.7. The molecule has 0 unspecified atom stereocenters. The van der Waals surface area contributed by atoms with Crippen LogP contribution in [0.25, 0.3) is 10.2 Å². The number of nitrogens with zero attached hydrogens (tertiary/aromatic N) is 4. The van der Waals surface area contributed by atoms with Crippen molar-refractivity contribution in [2.75, 3.05) is 51.3 Å². The van der Waals surface area contributed by atoms with E-state index in [0.29, 0.717) is 13.2 Å². The minimum absolute atomic E-state index is 0.0799. The van der Waals surface area contributed by atoms with Gasteiger partial charge in [0.15, 0.2) is 5.82 Å². The monoisotopic (exact) mass is 409 g/mol. The van der Waals surface area contributed by atoms with Crippen LogP contribution in [0, 0.1) is 5.92 Å². The van der Waals surface area contributed by atoms with E-state index in [1.165, 1.54) is 4.88 Å². The van der Waals surface area contributed by atoms with Crippen LogP contribution in [-0.4, -0.2) is 67.2 Å². The van der Waals surface area contributed by atoms with Gasteiger partial charge in [-0.3, -0.25) is 9.69 Å². The summed E-state index contributed by atoms with van der Waals surface area (Å²) in [7, 11) is 1.71. The molecule has 0 bridgehead atoms. The van der Waals surface area contributed by atoms with Crippen molar-refractivity contribution in [3.05, 3.63) is 16.2 Å². The van der Waals surface area contributed by atoms with E-state index >= 15 is 0 Å². The summed E-state index contributed by atoms with van der Waals surface area (Å²) in [5, 5.41) is 3.06. The van der Waals surface area contributed by atoms with Crippen molar-refractivity contribution in [3.8, 4) is 0 Å². The van der Waals surface area contributed by atoms with Gasteiger partial charge >= 0.3 is 0 Å². The molecule has 4 rings (SSSR count). The fraction of sp³-hybridized carbons (Fsp3) is 0.611. The maximum absolute atomic E-state index is 12.0. The number of thiophene rings is 1. The number of rotatable bonds is 4. The second kappa shape index (κ2) is 8.26. The van der Waals surface area contributed by atoms with Gasteiger partial charge in [-0.1, -0.05) is 0 Å². The molecule has 0 aliphatic carbocycles. The maximum Gasteiger partial charge on any atom is 0.224 e. The summed E-state index contributed by atoms with van der Waals surface area (Å²) < 4.78 is 6.53. The Balaban J connectivity index is 1.55. The number of amides is 1. The van der Waals surface area contributed by atoms with Crippen LogP contribution in [0.2, 0.25) is 5.28 Å². The average molecular weight is 410 g/mol. The highest BCUT2D eigenvalue weighted by molar-refractivity contribution is 7.19. The Hall–Kier alpha value is -1.48. The first-order valence-corrected chi connectivity index (χ1v) is 10.6. The van der Waals surface area contributed by atoms with E-state index in [-0.39, 0.29) is 17.1 Å². The quantitative estimate of drug-likeness (QED) is 0.780. The second-order valence-corrected chi connectivity index (χ2v) is 8.51. The molecule has 0 aromatic carbocycles. The summed E-state index contributed by atoms with van der Waals surface area (Å²) in [6.07, 6.45) is 2.01. The zero-order valence-corrected chi connectivity index (χ0v) is 17.0. The van der Waals surface area contributed by atoms with E-state index in [4.69, 9.17) is 16.3 Å². The first-order chi connectivity index (χ1) is 13.1. The predicted molar refractivity (Wildman–Crippen MR) is 108 cm³/mol. The summed E-state index contributed by atoms with van der Waals surface area (Å²) in [5.41, 5.74) is 0.899. The molecular weight excluding hydrogens is 386 g/mol. The van der Waals surface area contributed by atoms with Crippen molar-refractivity contribution in [1.29, 1.82) is 0 Å². The number of hydrogen-bond donors (Lipinski definition) is 1. The van der Waals surface area contributed by atoms with Gasteiger partial charge < -0.3 is 15.0 Å². The van der Waals surface area contributed by atoms with Crippen molar-refractivity contribution in [2.24, 2.45) is 5.92 Å². The second-order valence-electron chi connectivity index (χ2n) is 7.03. The lowest BCUT2D eigenvalue weighted by molar-refractivity contribution is -0.126. The summed E-state index contributed by atoms with van der Waals surface area (Å²) in [6.45, 7) is 5.69. The van der Waals surface area contributed by atoms with Gasteiger partial charge in [0.25, 0.3) is 0 Å². The summed E-state index contributed by atoms with van der Waals surface area (Å²) in [6, 6.07) is 2.11. The molecule has 4 heterocycles. The smallest absolute Gasteiger partial charge is 0.224 e. The topological polar surface area (TPSA) is 70.6 Å². The van der Waals surface area contributed by atoms with Gasteiger partial charge in [0.2, 0.25) is 11.2 Å². The number of anilines is 1. The molecule has 1 amide bonds. The molecule has 0 saturated carbocycles. The molecule has 2 aliphatic rings. The molecule has 9 heteroatoms. The molecule has 2 saturated heterocycles. The van der Waals surface area contributed by atoms with Crippen molar-refractivity contribution in [2.45, 2.75) is 19.4 Å². The van der Waals surface area contributed by atoms with Gasteiger partial charge in [0, 0.05) is 38.1 Å². The number of hydrogen-bond acceptors (Lipinski definition) is 7. The van der Waals surface area contributed by atoms with Crippen molar-refractivity contribution < 1.29 is 9.53 Å². The van der Waals surface area contributed by atoms with Crippen LogP contribution in [0.3, 0.4) is 0 Å². The van der Waals surface area contributed by atoms with Crippen LogP contribution in [0.5, 0.6) is 0 Å². The molecule has 7 nitrogen and oxygen atoms in total. The molecule has 2 aliphatic heterocycles. The van der Waals surface area contributed by atoms with Gasteiger partial charge in [-0.15, -0.1) is 11.3 Å². The lowest BCUT2D eigenvalue weighted by Gasteiger charge is -2.31. The number of nitrogens with one attached hydrogen (secondary N) is 1. The summed E-state index contributed by atoms with van der Waals surface area (Å²) in [5.74, 6) is 1.13. The predicted octanol–water partition coefficient (Wildman–Crippen LogP) is 2.14. The summed E-state index contributed by atoms with van der Waals surface area (Å²) >= 11 is 7.91. The number of ether oxygens (including phenoxy) is 1. The molecule has 146 valence electrons. The Bertz CT molecular complexity index is 823. The zero-order valence-electron chi connectivity index (χ0n) is 15.4. The molecule has 2 fully saturated rings. The van der Waals surface area contributed by atoms with Crippen molar-refractivity contribution in [1.82, 2.24) is 20.2 Å². The highest BCUT2D eigenvalue weighted by Crippen LogP contribution is 2.34. The molecule has 2 aromatic heterocycles. The van der Waals surface area contributed by atoms with E-state index in [1.54, 1.807) is 18.4 Å². The molecule has 2 aromatic rings. The number of morpholine rings is 1. The maximum atomic E-state index is 12.0. The molecule has 1 N–H and O–H groups in total. The number of fused-ring (bicyclic) bond motifs is 1.